The molecule has 2 aromatic rings. The van der Waals surface area contributed by atoms with Crippen LogP contribution in [0.25, 0.3) is 0 Å². The van der Waals surface area contributed by atoms with Crippen LogP contribution in [-0.2, 0) is 0 Å². The summed E-state index contributed by atoms with van der Waals surface area (Å²) in [7, 11) is 0. The second-order valence-corrected chi connectivity index (χ2v) is 4.15. The highest BCUT2D eigenvalue weighted by Crippen LogP contribution is 2.20. The molecule has 0 amide bonds. The highest BCUT2D eigenvalue weighted by atomic mass is 79.9. The third kappa shape index (κ3) is 2.39. The number of hydrogen-bond donors (Lipinski definition) is 1. The quantitative estimate of drug-likeness (QED) is 0.899. The van der Waals surface area contributed by atoms with E-state index in [0.717, 1.165) is 21.7 Å². The van der Waals surface area contributed by atoms with Gasteiger partial charge in [-0.2, -0.15) is 0 Å². The fourth-order valence-electron chi connectivity index (χ4n) is 1.24. The molecule has 0 bridgehead atoms. The Labute approximate surface area is 96.6 Å². The van der Waals surface area contributed by atoms with E-state index in [1.54, 1.807) is 0 Å². The van der Waals surface area contributed by atoms with Crippen molar-refractivity contribution in [1.82, 2.24) is 4.98 Å². The first-order chi connectivity index (χ1) is 7.15. The van der Waals surface area contributed by atoms with Crippen LogP contribution in [0.4, 0.5) is 11.7 Å². The standard InChI is InChI=1S/C11H11BrN2O/c1-7-3-6-11(15-7)14-10-5-4-9(12)8(2)13-10/h3-6H,1-2H3,(H,13,14). The molecule has 0 radical (unpaired) electrons. The van der Waals surface area contributed by atoms with Crippen LogP contribution in [0.15, 0.2) is 33.2 Å². The molecule has 0 aliphatic carbocycles. The summed E-state index contributed by atoms with van der Waals surface area (Å²) in [6, 6.07) is 7.65. The number of rotatable bonds is 2. The summed E-state index contributed by atoms with van der Waals surface area (Å²) < 4.78 is 6.40. The first kappa shape index (κ1) is 10.2. The maximum absolute atomic E-state index is 5.39. The van der Waals surface area contributed by atoms with Crippen LogP contribution in [0.5, 0.6) is 0 Å². The number of anilines is 2. The lowest BCUT2D eigenvalue weighted by Crippen LogP contribution is -1.93. The van der Waals surface area contributed by atoms with Crippen LogP contribution >= 0.6 is 15.9 Å². The summed E-state index contributed by atoms with van der Waals surface area (Å²) in [6.07, 6.45) is 0. The van der Waals surface area contributed by atoms with Gasteiger partial charge in [0.25, 0.3) is 0 Å². The molecule has 0 aliphatic heterocycles. The van der Waals surface area contributed by atoms with E-state index in [-0.39, 0.29) is 0 Å². The van der Waals surface area contributed by atoms with Crippen molar-refractivity contribution in [2.75, 3.05) is 5.32 Å². The number of aromatic nitrogens is 1. The van der Waals surface area contributed by atoms with Gasteiger partial charge in [-0.05, 0) is 48.0 Å². The lowest BCUT2D eigenvalue weighted by Gasteiger charge is -2.03. The summed E-state index contributed by atoms with van der Waals surface area (Å²) in [5, 5.41) is 3.09. The predicted octanol–water partition coefficient (Wildman–Crippen LogP) is 3.80. The Balaban J connectivity index is 2.21. The molecule has 2 aromatic heterocycles. The van der Waals surface area contributed by atoms with Crippen molar-refractivity contribution in [2.45, 2.75) is 13.8 Å². The number of pyridine rings is 1. The van der Waals surface area contributed by atoms with Crippen molar-refractivity contribution in [1.29, 1.82) is 0 Å². The van der Waals surface area contributed by atoms with Gasteiger partial charge in [-0.15, -0.1) is 0 Å². The third-order valence-corrected chi connectivity index (χ3v) is 2.85. The SMILES string of the molecule is Cc1ccc(Nc2ccc(Br)c(C)n2)o1. The van der Waals surface area contributed by atoms with Crippen molar-refractivity contribution >= 4 is 27.6 Å². The maximum atomic E-state index is 5.39. The van der Waals surface area contributed by atoms with Crippen LogP contribution in [0.2, 0.25) is 0 Å². The van der Waals surface area contributed by atoms with Gasteiger partial charge in [0.05, 0.1) is 5.69 Å². The van der Waals surface area contributed by atoms with Crippen molar-refractivity contribution in [3.8, 4) is 0 Å². The average molecular weight is 267 g/mol. The van der Waals surface area contributed by atoms with Gasteiger partial charge >= 0.3 is 0 Å². The molecule has 0 aromatic carbocycles. The molecule has 0 saturated heterocycles. The van der Waals surface area contributed by atoms with Gasteiger partial charge in [0.2, 0.25) is 0 Å². The minimum atomic E-state index is 0.710. The molecule has 0 unspecified atom stereocenters. The van der Waals surface area contributed by atoms with Crippen LogP contribution in [0.3, 0.4) is 0 Å². The molecule has 0 saturated carbocycles. The van der Waals surface area contributed by atoms with Crippen molar-refractivity contribution in [2.24, 2.45) is 0 Å². The maximum Gasteiger partial charge on any atom is 0.198 e. The van der Waals surface area contributed by atoms with Crippen molar-refractivity contribution in [3.05, 3.63) is 40.2 Å². The number of nitrogens with one attached hydrogen (secondary N) is 1. The van der Waals surface area contributed by atoms with Gasteiger partial charge in [-0.25, -0.2) is 4.98 Å². The Hall–Kier alpha value is -1.29. The average Bonchev–Trinajstić information content (AvgIpc) is 2.58. The summed E-state index contributed by atoms with van der Waals surface area (Å²) in [5.74, 6) is 2.37. The Morgan fingerprint density at radius 2 is 2.00 bits per heavy atom. The fraction of sp³-hybridized carbons (Fsp3) is 0.182. The zero-order valence-corrected chi connectivity index (χ0v) is 10.1. The molecule has 2 rings (SSSR count). The highest BCUT2D eigenvalue weighted by Gasteiger charge is 2.02. The summed E-state index contributed by atoms with van der Waals surface area (Å²) in [6.45, 7) is 3.86. The van der Waals surface area contributed by atoms with Crippen molar-refractivity contribution < 1.29 is 4.42 Å². The Bertz CT molecular complexity index is 479. The van der Waals surface area contributed by atoms with E-state index in [4.69, 9.17) is 4.42 Å². The van der Waals surface area contributed by atoms with Gasteiger partial charge in [-0.3, -0.25) is 0 Å². The fourth-order valence-corrected chi connectivity index (χ4v) is 1.46. The highest BCUT2D eigenvalue weighted by molar-refractivity contribution is 9.10. The normalized spacial score (nSPS) is 10.3. The number of furan rings is 1. The summed E-state index contributed by atoms with van der Waals surface area (Å²) >= 11 is 3.41. The molecule has 2 heterocycles. The largest absolute Gasteiger partial charge is 0.446 e. The molecule has 1 N–H and O–H groups in total. The Kier molecular flexibility index (Phi) is 2.77. The third-order valence-electron chi connectivity index (χ3n) is 2.01. The van der Waals surface area contributed by atoms with Crippen LogP contribution < -0.4 is 5.32 Å². The molecule has 4 heteroatoms. The smallest absolute Gasteiger partial charge is 0.198 e. The van der Waals surface area contributed by atoms with Crippen LogP contribution in [0.1, 0.15) is 11.5 Å². The number of aryl methyl sites for hydroxylation is 2. The number of hydrogen-bond acceptors (Lipinski definition) is 3. The second kappa shape index (κ2) is 4.06. The zero-order valence-electron chi connectivity index (χ0n) is 8.54. The molecule has 0 fully saturated rings. The second-order valence-electron chi connectivity index (χ2n) is 3.30. The van der Waals surface area contributed by atoms with Gasteiger partial charge in [0.1, 0.15) is 11.6 Å². The molecule has 3 nitrogen and oxygen atoms in total. The lowest BCUT2D eigenvalue weighted by atomic mass is 10.4. The van der Waals surface area contributed by atoms with E-state index in [9.17, 15) is 0 Å². The summed E-state index contributed by atoms with van der Waals surface area (Å²) in [5.41, 5.74) is 0.947. The minimum Gasteiger partial charge on any atom is -0.446 e. The van der Waals surface area contributed by atoms with Gasteiger partial charge in [0.15, 0.2) is 5.88 Å². The molecule has 0 spiro atoms. The van der Waals surface area contributed by atoms with E-state index >= 15 is 0 Å². The monoisotopic (exact) mass is 266 g/mol. The zero-order chi connectivity index (χ0) is 10.8. The Morgan fingerprint density at radius 1 is 1.20 bits per heavy atom. The Morgan fingerprint density at radius 3 is 2.60 bits per heavy atom. The van der Waals surface area contributed by atoms with E-state index in [0.29, 0.717) is 5.88 Å². The molecule has 78 valence electrons. The molecular weight excluding hydrogens is 256 g/mol. The lowest BCUT2D eigenvalue weighted by molar-refractivity contribution is 0.551. The van der Waals surface area contributed by atoms with Crippen LogP contribution in [0, 0.1) is 13.8 Å². The van der Waals surface area contributed by atoms with E-state index in [1.807, 2.05) is 38.1 Å². The molecule has 15 heavy (non-hydrogen) atoms. The minimum absolute atomic E-state index is 0.710. The van der Waals surface area contributed by atoms with Gasteiger partial charge in [-0.1, -0.05) is 0 Å². The number of nitrogens with zero attached hydrogens (tertiary/aromatic N) is 1. The van der Waals surface area contributed by atoms with Crippen molar-refractivity contribution in [3.63, 3.8) is 0 Å². The van der Waals surface area contributed by atoms with E-state index < -0.39 is 0 Å². The van der Waals surface area contributed by atoms with Gasteiger partial charge in [0, 0.05) is 10.5 Å². The predicted molar refractivity (Wildman–Crippen MR) is 63.4 cm³/mol. The number of halogens is 1. The molecular formula is C11H11BrN2O. The first-order valence-electron chi connectivity index (χ1n) is 4.62. The first-order valence-corrected chi connectivity index (χ1v) is 5.41. The molecule has 0 atom stereocenters. The van der Waals surface area contributed by atoms with Crippen LogP contribution in [-0.4, -0.2) is 4.98 Å². The summed E-state index contributed by atoms with van der Waals surface area (Å²) in [4.78, 5) is 4.36. The van der Waals surface area contributed by atoms with Gasteiger partial charge < -0.3 is 9.73 Å². The van der Waals surface area contributed by atoms with E-state index in [1.165, 1.54) is 0 Å². The molecule has 0 aliphatic rings. The van der Waals surface area contributed by atoms with E-state index in [2.05, 4.69) is 26.2 Å². The topological polar surface area (TPSA) is 38.1 Å².